The van der Waals surface area contributed by atoms with Crippen LogP contribution >= 0.6 is 24.2 Å². The summed E-state index contributed by atoms with van der Waals surface area (Å²) in [6, 6.07) is 8.40. The fourth-order valence-corrected chi connectivity index (χ4v) is 2.27. The van der Waals surface area contributed by atoms with Gasteiger partial charge in [-0.05, 0) is 31.9 Å². The summed E-state index contributed by atoms with van der Waals surface area (Å²) in [6.07, 6.45) is 1.65. The molecule has 0 unspecified atom stereocenters. The Morgan fingerprint density at radius 1 is 1.39 bits per heavy atom. The molecule has 18 heavy (non-hydrogen) atoms. The highest BCUT2D eigenvalue weighted by Crippen LogP contribution is 2.32. The van der Waals surface area contributed by atoms with Gasteiger partial charge in [0, 0.05) is 17.2 Å². The Morgan fingerprint density at radius 2 is 2.00 bits per heavy atom. The van der Waals surface area contributed by atoms with Crippen LogP contribution in [0.4, 0.5) is 0 Å². The van der Waals surface area contributed by atoms with E-state index in [2.05, 4.69) is 36.5 Å². The Kier molecular flexibility index (Phi) is 5.50. The number of amides is 1. The van der Waals surface area contributed by atoms with Crippen molar-refractivity contribution < 1.29 is 4.79 Å². The van der Waals surface area contributed by atoms with Gasteiger partial charge in [-0.2, -0.15) is 0 Å². The molecule has 3 N–H and O–H groups in total. The van der Waals surface area contributed by atoms with Gasteiger partial charge in [-0.3, -0.25) is 4.79 Å². The van der Waals surface area contributed by atoms with E-state index >= 15 is 0 Å². The van der Waals surface area contributed by atoms with Crippen LogP contribution in [-0.2, 0) is 4.79 Å². The topological polar surface area (TPSA) is 55.1 Å². The summed E-state index contributed by atoms with van der Waals surface area (Å²) in [5.41, 5.74) is 6.50. The van der Waals surface area contributed by atoms with E-state index in [4.69, 9.17) is 5.73 Å². The number of halogens is 1. The van der Waals surface area contributed by atoms with Crippen molar-refractivity contribution in [3.63, 3.8) is 0 Å². The van der Waals surface area contributed by atoms with Gasteiger partial charge in [-0.15, -0.1) is 24.2 Å². The molecule has 1 saturated carbocycles. The second kappa shape index (κ2) is 6.45. The average Bonchev–Trinajstić information content (AvgIpc) is 3.06. The van der Waals surface area contributed by atoms with Gasteiger partial charge < -0.3 is 11.1 Å². The van der Waals surface area contributed by atoms with Crippen molar-refractivity contribution in [2.75, 3.05) is 12.3 Å². The van der Waals surface area contributed by atoms with Crippen LogP contribution in [0.3, 0.4) is 0 Å². The molecule has 1 aromatic carbocycles. The SMILES string of the molecule is Cc1ccc(SCCNC(=O)C2(N)CC2)cc1.Cl. The number of rotatable bonds is 5. The second-order valence-electron chi connectivity index (χ2n) is 4.57. The van der Waals surface area contributed by atoms with Gasteiger partial charge in [-0.1, -0.05) is 17.7 Å². The van der Waals surface area contributed by atoms with E-state index in [0.29, 0.717) is 6.54 Å². The molecule has 0 atom stereocenters. The highest BCUT2D eigenvalue weighted by atomic mass is 35.5. The fraction of sp³-hybridized carbons (Fsp3) is 0.462. The summed E-state index contributed by atoms with van der Waals surface area (Å²) in [6.45, 7) is 2.75. The monoisotopic (exact) mass is 286 g/mol. The highest BCUT2D eigenvalue weighted by Gasteiger charge is 2.45. The summed E-state index contributed by atoms with van der Waals surface area (Å²) in [7, 11) is 0. The van der Waals surface area contributed by atoms with Crippen LogP contribution in [0, 0.1) is 6.92 Å². The minimum absolute atomic E-state index is 0. The molecule has 1 fully saturated rings. The molecule has 1 aliphatic rings. The lowest BCUT2D eigenvalue weighted by Crippen LogP contribution is -2.43. The number of hydrogen-bond donors (Lipinski definition) is 2. The molecule has 1 aromatic rings. The number of thioether (sulfide) groups is 1. The van der Waals surface area contributed by atoms with E-state index in [9.17, 15) is 4.79 Å². The first-order valence-electron chi connectivity index (χ1n) is 5.87. The lowest BCUT2D eigenvalue weighted by molar-refractivity contribution is -0.123. The van der Waals surface area contributed by atoms with Gasteiger partial charge in [0.15, 0.2) is 0 Å². The van der Waals surface area contributed by atoms with Crippen molar-refractivity contribution in [2.24, 2.45) is 5.73 Å². The molecule has 1 aliphatic carbocycles. The van der Waals surface area contributed by atoms with E-state index in [-0.39, 0.29) is 18.3 Å². The predicted octanol–water partition coefficient (Wildman–Crippen LogP) is 2.12. The molecule has 0 spiro atoms. The van der Waals surface area contributed by atoms with Crippen molar-refractivity contribution in [2.45, 2.75) is 30.2 Å². The molecule has 3 nitrogen and oxygen atoms in total. The van der Waals surface area contributed by atoms with E-state index in [1.807, 2.05) is 0 Å². The highest BCUT2D eigenvalue weighted by molar-refractivity contribution is 7.99. The van der Waals surface area contributed by atoms with Gasteiger partial charge in [-0.25, -0.2) is 0 Å². The Hall–Kier alpha value is -0.710. The number of benzene rings is 1. The second-order valence-corrected chi connectivity index (χ2v) is 5.74. The van der Waals surface area contributed by atoms with Crippen LogP contribution in [0.5, 0.6) is 0 Å². The molecule has 0 bridgehead atoms. The first-order chi connectivity index (χ1) is 8.10. The maximum Gasteiger partial charge on any atom is 0.240 e. The Balaban J connectivity index is 0.00000162. The van der Waals surface area contributed by atoms with Gasteiger partial charge >= 0.3 is 0 Å². The van der Waals surface area contributed by atoms with E-state index in [1.54, 1.807) is 11.8 Å². The molecule has 0 aromatic heterocycles. The zero-order chi connectivity index (χ0) is 12.3. The summed E-state index contributed by atoms with van der Waals surface area (Å²) < 4.78 is 0. The molecule has 2 rings (SSSR count). The molecule has 100 valence electrons. The minimum Gasteiger partial charge on any atom is -0.354 e. The van der Waals surface area contributed by atoms with Crippen molar-refractivity contribution in [1.29, 1.82) is 0 Å². The Labute approximate surface area is 118 Å². The molecule has 5 heteroatoms. The van der Waals surface area contributed by atoms with Crippen molar-refractivity contribution in [3.8, 4) is 0 Å². The predicted molar refractivity (Wildman–Crippen MR) is 78.3 cm³/mol. The largest absolute Gasteiger partial charge is 0.354 e. The summed E-state index contributed by atoms with van der Waals surface area (Å²) >= 11 is 1.75. The van der Waals surface area contributed by atoms with Crippen LogP contribution in [0.2, 0.25) is 0 Å². The van der Waals surface area contributed by atoms with E-state index < -0.39 is 5.54 Å². The first kappa shape index (κ1) is 15.3. The standard InChI is InChI=1S/C13H18N2OS.ClH/c1-10-2-4-11(5-3-10)17-9-8-15-12(16)13(14)6-7-13;/h2-5H,6-9,14H2,1H3,(H,15,16);1H. The fourth-order valence-electron chi connectivity index (χ4n) is 1.51. The molecule has 0 saturated heterocycles. The van der Waals surface area contributed by atoms with Crippen LogP contribution in [0.15, 0.2) is 29.2 Å². The zero-order valence-electron chi connectivity index (χ0n) is 10.4. The summed E-state index contributed by atoms with van der Waals surface area (Å²) in [4.78, 5) is 12.8. The van der Waals surface area contributed by atoms with E-state index in [0.717, 1.165) is 18.6 Å². The summed E-state index contributed by atoms with van der Waals surface area (Å²) in [5, 5.41) is 2.88. The van der Waals surface area contributed by atoms with Crippen LogP contribution in [-0.4, -0.2) is 23.7 Å². The smallest absolute Gasteiger partial charge is 0.240 e. The Morgan fingerprint density at radius 3 is 2.56 bits per heavy atom. The number of hydrogen-bond acceptors (Lipinski definition) is 3. The van der Waals surface area contributed by atoms with Crippen LogP contribution in [0.1, 0.15) is 18.4 Å². The van der Waals surface area contributed by atoms with E-state index in [1.165, 1.54) is 10.5 Å². The number of nitrogens with two attached hydrogens (primary N) is 1. The molecule has 0 aliphatic heterocycles. The number of aryl methyl sites for hydroxylation is 1. The first-order valence-corrected chi connectivity index (χ1v) is 6.85. The van der Waals surface area contributed by atoms with Crippen molar-refractivity contribution in [3.05, 3.63) is 29.8 Å². The summed E-state index contributed by atoms with van der Waals surface area (Å²) in [5.74, 6) is 0.882. The molecule has 0 radical (unpaired) electrons. The van der Waals surface area contributed by atoms with Crippen molar-refractivity contribution >= 4 is 30.1 Å². The average molecular weight is 287 g/mol. The lowest BCUT2D eigenvalue weighted by atomic mass is 10.2. The van der Waals surface area contributed by atoms with Gasteiger partial charge in [0.2, 0.25) is 5.91 Å². The third-order valence-electron chi connectivity index (χ3n) is 2.92. The maximum absolute atomic E-state index is 11.5. The van der Waals surface area contributed by atoms with Crippen LogP contribution in [0.25, 0.3) is 0 Å². The quantitative estimate of drug-likeness (QED) is 0.644. The normalized spacial score (nSPS) is 15.7. The molecular weight excluding hydrogens is 268 g/mol. The molecule has 0 heterocycles. The molecular formula is C13H19ClN2OS. The molecule has 1 amide bonds. The van der Waals surface area contributed by atoms with Crippen molar-refractivity contribution in [1.82, 2.24) is 5.32 Å². The maximum atomic E-state index is 11.5. The lowest BCUT2D eigenvalue weighted by Gasteiger charge is -2.09. The van der Waals surface area contributed by atoms with Gasteiger partial charge in [0.05, 0.1) is 5.54 Å². The number of carbonyl (C=O) groups is 1. The van der Waals surface area contributed by atoms with Crippen LogP contribution < -0.4 is 11.1 Å². The minimum atomic E-state index is -0.547. The van der Waals surface area contributed by atoms with Gasteiger partial charge in [0.1, 0.15) is 0 Å². The third-order valence-corrected chi connectivity index (χ3v) is 3.93. The Bertz CT molecular complexity index is 404. The third kappa shape index (κ3) is 4.19. The zero-order valence-corrected chi connectivity index (χ0v) is 12.1. The van der Waals surface area contributed by atoms with Gasteiger partial charge in [0.25, 0.3) is 0 Å². The number of carbonyl (C=O) groups excluding carboxylic acids is 1. The number of nitrogens with one attached hydrogen (secondary N) is 1.